The minimum absolute atomic E-state index is 0.0976. The van der Waals surface area contributed by atoms with E-state index >= 15 is 0 Å². The van der Waals surface area contributed by atoms with Crippen molar-refractivity contribution in [2.45, 2.75) is 96.0 Å². The Bertz CT molecular complexity index is 433. The van der Waals surface area contributed by atoms with E-state index in [1.54, 1.807) is 6.92 Å². The van der Waals surface area contributed by atoms with Gasteiger partial charge in [0.25, 0.3) is 0 Å². The van der Waals surface area contributed by atoms with E-state index in [1.807, 2.05) is 25.7 Å². The number of nitrogens with one attached hydrogen (secondary N) is 1. The molecule has 0 bridgehead atoms. The molecule has 2 rings (SSSR count). The maximum atomic E-state index is 12.5. The second-order valence-electron chi connectivity index (χ2n) is 7.92. The number of carbonyl (C=O) groups is 2. The minimum atomic E-state index is -0.475. The molecule has 0 saturated heterocycles. The molecule has 2 aliphatic carbocycles. The Morgan fingerprint density at radius 2 is 1.57 bits per heavy atom. The number of amides is 2. The lowest BCUT2D eigenvalue weighted by Crippen LogP contribution is -2.50. The van der Waals surface area contributed by atoms with E-state index in [1.165, 1.54) is 0 Å². The van der Waals surface area contributed by atoms with Gasteiger partial charge in [-0.15, -0.1) is 0 Å². The molecule has 0 aliphatic heterocycles. The Labute approximate surface area is 139 Å². The van der Waals surface area contributed by atoms with Gasteiger partial charge >= 0.3 is 6.09 Å². The third kappa shape index (κ3) is 5.37. The molecular formula is C17H31N3O3. The van der Waals surface area contributed by atoms with Gasteiger partial charge in [0.05, 0.1) is 6.04 Å². The van der Waals surface area contributed by atoms with Gasteiger partial charge in [0.1, 0.15) is 5.60 Å². The van der Waals surface area contributed by atoms with Crippen LogP contribution in [0, 0.1) is 0 Å². The van der Waals surface area contributed by atoms with Crippen molar-refractivity contribution in [1.82, 2.24) is 10.2 Å². The molecule has 132 valence electrons. The highest BCUT2D eigenvalue weighted by molar-refractivity contribution is 5.81. The molecule has 6 heteroatoms. The van der Waals surface area contributed by atoms with Crippen molar-refractivity contribution in [3.8, 4) is 0 Å². The molecule has 23 heavy (non-hydrogen) atoms. The summed E-state index contributed by atoms with van der Waals surface area (Å²) in [6, 6.07) is 0.257. The van der Waals surface area contributed by atoms with E-state index in [9.17, 15) is 9.59 Å². The lowest BCUT2D eigenvalue weighted by atomic mass is 9.90. The Balaban J connectivity index is 1.88. The largest absolute Gasteiger partial charge is 0.444 e. The van der Waals surface area contributed by atoms with Crippen LogP contribution in [-0.4, -0.2) is 46.7 Å². The molecule has 0 spiro atoms. The summed E-state index contributed by atoms with van der Waals surface area (Å²) in [7, 11) is 0. The number of hydrogen-bond donors (Lipinski definition) is 2. The van der Waals surface area contributed by atoms with Crippen molar-refractivity contribution in [2.75, 3.05) is 0 Å². The zero-order chi connectivity index (χ0) is 17.2. The highest BCUT2D eigenvalue weighted by Crippen LogP contribution is 2.35. The molecule has 2 amide bonds. The second kappa shape index (κ2) is 7.07. The van der Waals surface area contributed by atoms with Gasteiger partial charge in [0.15, 0.2) is 0 Å². The van der Waals surface area contributed by atoms with E-state index in [2.05, 4.69) is 5.32 Å². The van der Waals surface area contributed by atoms with Crippen LogP contribution in [0.3, 0.4) is 0 Å². The summed E-state index contributed by atoms with van der Waals surface area (Å²) in [6.07, 6.45) is 5.52. The average molecular weight is 325 g/mol. The van der Waals surface area contributed by atoms with Gasteiger partial charge in [-0.3, -0.25) is 4.79 Å². The van der Waals surface area contributed by atoms with E-state index in [4.69, 9.17) is 10.5 Å². The van der Waals surface area contributed by atoms with Crippen LogP contribution in [0.15, 0.2) is 0 Å². The molecule has 2 saturated carbocycles. The van der Waals surface area contributed by atoms with Crippen molar-refractivity contribution >= 4 is 12.0 Å². The third-order valence-corrected chi connectivity index (χ3v) is 4.39. The van der Waals surface area contributed by atoms with Gasteiger partial charge in [-0.25, -0.2) is 4.79 Å². The number of ether oxygens (including phenoxy) is 1. The monoisotopic (exact) mass is 325 g/mol. The summed E-state index contributed by atoms with van der Waals surface area (Å²) in [6.45, 7) is 7.39. The SMILES string of the molecule is C[C@H](N)C(=O)NC1CCC(N(C(=O)OC(C)(C)C)C2CC2)CC1. The lowest BCUT2D eigenvalue weighted by molar-refractivity contribution is -0.123. The van der Waals surface area contributed by atoms with Gasteiger partial charge in [0.2, 0.25) is 5.91 Å². The van der Waals surface area contributed by atoms with Gasteiger partial charge in [0, 0.05) is 18.1 Å². The number of nitrogens with zero attached hydrogens (tertiary/aromatic N) is 1. The molecule has 1 atom stereocenters. The summed E-state index contributed by atoms with van der Waals surface area (Å²) in [4.78, 5) is 26.1. The quantitative estimate of drug-likeness (QED) is 0.829. The third-order valence-electron chi connectivity index (χ3n) is 4.39. The van der Waals surface area contributed by atoms with E-state index in [0.717, 1.165) is 38.5 Å². The van der Waals surface area contributed by atoms with Crippen LogP contribution in [0.1, 0.15) is 66.2 Å². The highest BCUT2D eigenvalue weighted by Gasteiger charge is 2.41. The fourth-order valence-corrected chi connectivity index (χ4v) is 3.09. The van der Waals surface area contributed by atoms with Crippen molar-refractivity contribution < 1.29 is 14.3 Å². The number of nitrogens with two attached hydrogens (primary N) is 1. The first-order chi connectivity index (χ1) is 10.7. The number of carbonyl (C=O) groups excluding carboxylic acids is 2. The van der Waals surface area contributed by atoms with Gasteiger partial charge in [-0.1, -0.05) is 0 Å². The molecule has 2 aliphatic rings. The molecule has 2 fully saturated rings. The van der Waals surface area contributed by atoms with Crippen LogP contribution in [-0.2, 0) is 9.53 Å². The maximum Gasteiger partial charge on any atom is 0.410 e. The summed E-state index contributed by atoms with van der Waals surface area (Å²) in [5.74, 6) is -0.0976. The Kier molecular flexibility index (Phi) is 5.55. The minimum Gasteiger partial charge on any atom is -0.444 e. The summed E-state index contributed by atoms with van der Waals surface area (Å²) < 4.78 is 5.58. The highest BCUT2D eigenvalue weighted by atomic mass is 16.6. The van der Waals surface area contributed by atoms with Crippen LogP contribution in [0.2, 0.25) is 0 Å². The Hall–Kier alpha value is -1.30. The fraction of sp³-hybridized carbons (Fsp3) is 0.882. The summed E-state index contributed by atoms with van der Waals surface area (Å²) >= 11 is 0. The van der Waals surface area contributed by atoms with Crippen molar-refractivity contribution in [1.29, 1.82) is 0 Å². The van der Waals surface area contributed by atoms with Crippen LogP contribution in [0.4, 0.5) is 4.79 Å². The van der Waals surface area contributed by atoms with Gasteiger partial charge in [-0.2, -0.15) is 0 Å². The number of hydrogen-bond acceptors (Lipinski definition) is 4. The zero-order valence-corrected chi connectivity index (χ0v) is 14.8. The van der Waals surface area contributed by atoms with Crippen molar-refractivity contribution in [3.05, 3.63) is 0 Å². The summed E-state index contributed by atoms with van der Waals surface area (Å²) in [5.41, 5.74) is 5.13. The second-order valence-corrected chi connectivity index (χ2v) is 7.92. The standard InChI is InChI=1S/C17H31N3O3/c1-11(18)15(21)19-12-5-7-13(8-6-12)20(14-9-10-14)16(22)23-17(2,3)4/h11-14H,5-10,18H2,1-4H3,(H,19,21)/t11-,12?,13?/m0/s1. The van der Waals surface area contributed by atoms with Crippen LogP contribution >= 0.6 is 0 Å². The normalized spacial score (nSPS) is 26.3. The van der Waals surface area contributed by atoms with Gasteiger partial charge < -0.3 is 20.7 Å². The molecule has 0 aromatic carbocycles. The topological polar surface area (TPSA) is 84.7 Å². The molecule has 0 aromatic heterocycles. The van der Waals surface area contributed by atoms with Crippen molar-refractivity contribution in [2.24, 2.45) is 5.73 Å². The molecular weight excluding hydrogens is 294 g/mol. The fourth-order valence-electron chi connectivity index (χ4n) is 3.09. The Morgan fingerprint density at radius 1 is 1.09 bits per heavy atom. The van der Waals surface area contributed by atoms with E-state index in [0.29, 0.717) is 6.04 Å². The number of rotatable bonds is 4. The van der Waals surface area contributed by atoms with Gasteiger partial charge in [-0.05, 0) is 66.2 Å². The Morgan fingerprint density at radius 3 is 1.96 bits per heavy atom. The predicted molar refractivity (Wildman–Crippen MR) is 88.9 cm³/mol. The molecule has 3 N–H and O–H groups in total. The predicted octanol–water partition coefficient (Wildman–Crippen LogP) is 2.16. The first-order valence-electron chi connectivity index (χ1n) is 8.74. The molecule has 0 radical (unpaired) electrons. The summed E-state index contributed by atoms with van der Waals surface area (Å²) in [5, 5.41) is 2.99. The first kappa shape index (κ1) is 18.0. The molecule has 0 aromatic rings. The molecule has 0 unspecified atom stereocenters. The smallest absolute Gasteiger partial charge is 0.410 e. The van der Waals surface area contributed by atoms with Crippen molar-refractivity contribution in [3.63, 3.8) is 0 Å². The molecule has 0 heterocycles. The van der Waals surface area contributed by atoms with Crippen LogP contribution in [0.5, 0.6) is 0 Å². The average Bonchev–Trinajstić information content (AvgIpc) is 3.23. The lowest BCUT2D eigenvalue weighted by Gasteiger charge is -2.38. The zero-order valence-electron chi connectivity index (χ0n) is 14.8. The van der Waals surface area contributed by atoms with Crippen LogP contribution in [0.25, 0.3) is 0 Å². The van der Waals surface area contributed by atoms with Crippen LogP contribution < -0.4 is 11.1 Å². The van der Waals surface area contributed by atoms with E-state index < -0.39 is 11.6 Å². The first-order valence-corrected chi connectivity index (χ1v) is 8.74. The van der Waals surface area contributed by atoms with E-state index in [-0.39, 0.29) is 24.1 Å². The molecule has 6 nitrogen and oxygen atoms in total. The maximum absolute atomic E-state index is 12.5.